The molecule has 2 N–H and O–H groups in total. The van der Waals surface area contributed by atoms with Gasteiger partial charge in [-0.05, 0) is 22.6 Å². The summed E-state index contributed by atoms with van der Waals surface area (Å²) in [5.41, 5.74) is 4.77. The summed E-state index contributed by atoms with van der Waals surface area (Å²) in [6.45, 7) is 3.41. The molecule has 122 valence electrons. The van der Waals surface area contributed by atoms with Crippen LogP contribution in [0.2, 0.25) is 0 Å². The second-order valence-corrected chi connectivity index (χ2v) is 5.75. The smallest absolute Gasteiger partial charge is 0.248 e. The summed E-state index contributed by atoms with van der Waals surface area (Å²) in [5, 5.41) is 11.2. The van der Waals surface area contributed by atoms with E-state index < -0.39 is 11.7 Å². The average molecular weight is 338 g/mol. The number of hydrogen-bond donors (Lipinski definition) is 2. The molecule has 2 aromatic rings. The van der Waals surface area contributed by atoms with Gasteiger partial charge in [0.25, 0.3) is 0 Å². The van der Waals surface area contributed by atoms with Crippen molar-refractivity contribution in [2.75, 3.05) is 5.75 Å². The number of amides is 2. The maximum atomic E-state index is 13.8. The molecular weight excluding hydrogens is 323 g/mol. The van der Waals surface area contributed by atoms with Crippen LogP contribution in [0.5, 0.6) is 0 Å². The Kier molecular flexibility index (Phi) is 5.63. The molecule has 0 aliphatic rings. The van der Waals surface area contributed by atoms with Gasteiger partial charge in [-0.15, -0.1) is 5.10 Å². The van der Waals surface area contributed by atoms with E-state index >= 15 is 0 Å². The molecule has 1 heterocycles. The molecule has 0 saturated heterocycles. The number of hydrogen-bond acceptors (Lipinski definition) is 6. The van der Waals surface area contributed by atoms with Gasteiger partial charge in [-0.1, -0.05) is 37.7 Å². The summed E-state index contributed by atoms with van der Waals surface area (Å²) >= 11 is 1.02. The number of benzene rings is 1. The number of rotatable bonds is 5. The van der Waals surface area contributed by atoms with E-state index in [0.717, 1.165) is 11.8 Å². The maximum absolute atomic E-state index is 13.8. The maximum Gasteiger partial charge on any atom is 0.248 e. The Bertz CT molecular complexity index is 705. The van der Waals surface area contributed by atoms with E-state index in [1.165, 1.54) is 16.8 Å². The fraction of sp³-hybridized carbons (Fsp3) is 0.308. The van der Waals surface area contributed by atoms with Crippen LogP contribution in [-0.2, 0) is 9.59 Å². The number of halogens is 1. The lowest BCUT2D eigenvalue weighted by Gasteiger charge is -2.09. The highest BCUT2D eigenvalue weighted by atomic mass is 32.2. The van der Waals surface area contributed by atoms with Crippen LogP contribution in [0.1, 0.15) is 13.8 Å². The number of nitrogens with zero attached hydrogens (tertiary/aromatic N) is 4. The monoisotopic (exact) mass is 338 g/mol. The lowest BCUT2D eigenvalue weighted by molar-refractivity contribution is -0.129. The van der Waals surface area contributed by atoms with Gasteiger partial charge in [0.05, 0.1) is 5.75 Å². The van der Waals surface area contributed by atoms with Gasteiger partial charge in [-0.2, -0.15) is 4.68 Å². The molecule has 2 rings (SSSR count). The highest BCUT2D eigenvalue weighted by molar-refractivity contribution is 7.99. The number of para-hydroxylation sites is 1. The van der Waals surface area contributed by atoms with Crippen molar-refractivity contribution in [1.82, 2.24) is 31.1 Å². The molecule has 0 fully saturated rings. The van der Waals surface area contributed by atoms with Crippen molar-refractivity contribution < 1.29 is 14.0 Å². The van der Waals surface area contributed by atoms with E-state index in [4.69, 9.17) is 0 Å². The van der Waals surface area contributed by atoms with Crippen molar-refractivity contribution in [3.63, 3.8) is 0 Å². The average Bonchev–Trinajstić information content (AvgIpc) is 2.99. The topological polar surface area (TPSA) is 102 Å². The van der Waals surface area contributed by atoms with Crippen LogP contribution in [-0.4, -0.2) is 37.8 Å². The minimum atomic E-state index is -0.477. The van der Waals surface area contributed by atoms with Crippen LogP contribution in [0, 0.1) is 11.7 Å². The van der Waals surface area contributed by atoms with Crippen LogP contribution < -0.4 is 10.9 Å². The molecule has 0 spiro atoms. The molecule has 1 aromatic heterocycles. The standard InChI is InChI=1S/C13H15FN6O2S/c1-8(2)12(22)16-15-11(21)7-23-13-17-18-19-20(13)10-6-4-3-5-9(10)14/h3-6,8H,7H2,1-2H3,(H,15,21)(H,16,22). The fourth-order valence-electron chi connectivity index (χ4n) is 1.49. The quantitative estimate of drug-likeness (QED) is 0.614. The Balaban J connectivity index is 1.95. The van der Waals surface area contributed by atoms with Crippen molar-refractivity contribution in [1.29, 1.82) is 0 Å². The van der Waals surface area contributed by atoms with Gasteiger partial charge in [0.1, 0.15) is 11.5 Å². The highest BCUT2D eigenvalue weighted by Crippen LogP contribution is 2.19. The third-order valence-corrected chi connectivity index (χ3v) is 3.62. The second kappa shape index (κ2) is 7.68. The molecule has 0 radical (unpaired) electrons. The molecule has 0 aliphatic heterocycles. The van der Waals surface area contributed by atoms with Crippen LogP contribution in [0.4, 0.5) is 4.39 Å². The Hall–Kier alpha value is -2.49. The number of aromatic nitrogens is 4. The number of carbonyl (C=O) groups is 2. The SMILES string of the molecule is CC(C)C(=O)NNC(=O)CSc1nnnn1-c1ccccc1F. The Morgan fingerprint density at radius 2 is 2.04 bits per heavy atom. The molecule has 2 amide bonds. The first-order valence-corrected chi connectivity index (χ1v) is 7.72. The van der Waals surface area contributed by atoms with E-state index in [9.17, 15) is 14.0 Å². The van der Waals surface area contributed by atoms with Gasteiger partial charge in [-0.3, -0.25) is 20.4 Å². The number of hydrazine groups is 1. The zero-order chi connectivity index (χ0) is 16.8. The molecule has 0 aliphatic carbocycles. The van der Waals surface area contributed by atoms with E-state index in [1.54, 1.807) is 26.0 Å². The minimum Gasteiger partial charge on any atom is -0.273 e. The van der Waals surface area contributed by atoms with E-state index in [-0.39, 0.29) is 28.4 Å². The van der Waals surface area contributed by atoms with Gasteiger partial charge >= 0.3 is 0 Å². The van der Waals surface area contributed by atoms with Crippen LogP contribution in [0.25, 0.3) is 5.69 Å². The number of nitrogens with one attached hydrogen (secondary N) is 2. The van der Waals surface area contributed by atoms with Crippen molar-refractivity contribution in [2.45, 2.75) is 19.0 Å². The molecule has 0 bridgehead atoms. The highest BCUT2D eigenvalue weighted by Gasteiger charge is 2.14. The molecule has 0 atom stereocenters. The molecule has 0 saturated carbocycles. The Morgan fingerprint density at radius 1 is 1.30 bits per heavy atom. The first kappa shape index (κ1) is 16.9. The largest absolute Gasteiger partial charge is 0.273 e. The number of tetrazole rings is 1. The zero-order valence-corrected chi connectivity index (χ0v) is 13.3. The summed E-state index contributed by atoms with van der Waals surface area (Å²) in [6.07, 6.45) is 0. The first-order valence-electron chi connectivity index (χ1n) is 6.74. The van der Waals surface area contributed by atoms with Gasteiger partial charge in [-0.25, -0.2) is 4.39 Å². The van der Waals surface area contributed by atoms with E-state index in [1.807, 2.05) is 0 Å². The third-order valence-electron chi connectivity index (χ3n) is 2.70. The minimum absolute atomic E-state index is 0.0345. The van der Waals surface area contributed by atoms with Crippen molar-refractivity contribution in [3.05, 3.63) is 30.1 Å². The van der Waals surface area contributed by atoms with Crippen LogP contribution >= 0.6 is 11.8 Å². The summed E-state index contributed by atoms with van der Waals surface area (Å²) in [6, 6.07) is 6.03. The Labute approximate surface area is 135 Å². The molecule has 8 nitrogen and oxygen atoms in total. The third kappa shape index (κ3) is 4.49. The fourth-order valence-corrected chi connectivity index (χ4v) is 2.17. The molecular formula is C13H15FN6O2S. The summed E-state index contributed by atoms with van der Waals surface area (Å²) in [4.78, 5) is 23.0. The summed E-state index contributed by atoms with van der Waals surface area (Å²) < 4.78 is 15.0. The lowest BCUT2D eigenvalue weighted by Crippen LogP contribution is -2.44. The number of carbonyl (C=O) groups excluding carboxylic acids is 2. The van der Waals surface area contributed by atoms with Crippen molar-refractivity contribution in [2.24, 2.45) is 5.92 Å². The van der Waals surface area contributed by atoms with Crippen molar-refractivity contribution >= 4 is 23.6 Å². The van der Waals surface area contributed by atoms with E-state index in [0.29, 0.717) is 0 Å². The predicted molar refractivity (Wildman–Crippen MR) is 81.0 cm³/mol. The van der Waals surface area contributed by atoms with Gasteiger partial charge in [0.15, 0.2) is 0 Å². The zero-order valence-electron chi connectivity index (χ0n) is 12.5. The Morgan fingerprint density at radius 3 is 2.74 bits per heavy atom. The van der Waals surface area contributed by atoms with Crippen LogP contribution in [0.15, 0.2) is 29.4 Å². The molecule has 10 heteroatoms. The second-order valence-electron chi connectivity index (χ2n) is 4.81. The van der Waals surface area contributed by atoms with Gasteiger partial charge < -0.3 is 0 Å². The van der Waals surface area contributed by atoms with Crippen molar-refractivity contribution in [3.8, 4) is 5.69 Å². The normalized spacial score (nSPS) is 10.6. The van der Waals surface area contributed by atoms with Gasteiger partial charge in [0.2, 0.25) is 17.0 Å². The summed E-state index contributed by atoms with van der Waals surface area (Å²) in [5.74, 6) is -1.47. The first-order chi connectivity index (χ1) is 11.0. The predicted octanol–water partition coefficient (Wildman–Crippen LogP) is 0.697. The molecule has 0 unspecified atom stereocenters. The molecule has 1 aromatic carbocycles. The lowest BCUT2D eigenvalue weighted by atomic mass is 10.2. The van der Waals surface area contributed by atoms with Gasteiger partial charge in [0, 0.05) is 5.92 Å². The molecule has 23 heavy (non-hydrogen) atoms. The number of thioether (sulfide) groups is 1. The summed E-state index contributed by atoms with van der Waals surface area (Å²) in [7, 11) is 0. The van der Waals surface area contributed by atoms with E-state index in [2.05, 4.69) is 26.4 Å². The van der Waals surface area contributed by atoms with Crippen LogP contribution in [0.3, 0.4) is 0 Å².